The Labute approximate surface area is 114 Å². The lowest BCUT2D eigenvalue weighted by Gasteiger charge is -2.20. The van der Waals surface area contributed by atoms with Gasteiger partial charge in [-0.25, -0.2) is 0 Å². The Kier molecular flexibility index (Phi) is 4.61. The van der Waals surface area contributed by atoms with Crippen LogP contribution < -0.4 is 4.90 Å². The second kappa shape index (κ2) is 6.88. The SMILES string of the molecule is C#C/C=C\C=C\N(c1ccccc1)c1ccccc1. The number of para-hydroxylation sites is 2. The van der Waals surface area contributed by atoms with Gasteiger partial charge in [-0.2, -0.15) is 0 Å². The van der Waals surface area contributed by atoms with E-state index in [0.29, 0.717) is 0 Å². The smallest absolute Gasteiger partial charge is 0.0455 e. The van der Waals surface area contributed by atoms with Crippen LogP contribution in [0.25, 0.3) is 0 Å². The van der Waals surface area contributed by atoms with Gasteiger partial charge in [0.05, 0.1) is 0 Å². The van der Waals surface area contributed by atoms with Crippen molar-refractivity contribution in [1.82, 2.24) is 0 Å². The average Bonchev–Trinajstić information content (AvgIpc) is 2.49. The minimum Gasteiger partial charge on any atom is -0.317 e. The normalized spacial score (nSPS) is 10.7. The van der Waals surface area contributed by atoms with Crippen LogP contribution in [-0.2, 0) is 0 Å². The summed E-state index contributed by atoms with van der Waals surface area (Å²) in [7, 11) is 0. The third-order valence-corrected chi connectivity index (χ3v) is 2.61. The highest BCUT2D eigenvalue weighted by atomic mass is 15.1. The third-order valence-electron chi connectivity index (χ3n) is 2.61. The van der Waals surface area contributed by atoms with E-state index < -0.39 is 0 Å². The molecule has 1 nitrogen and oxygen atoms in total. The first kappa shape index (κ1) is 12.7. The molecule has 0 bridgehead atoms. The Morgan fingerprint density at radius 3 is 1.79 bits per heavy atom. The second-order valence-electron chi connectivity index (χ2n) is 3.91. The van der Waals surface area contributed by atoms with Crippen molar-refractivity contribution in [1.29, 1.82) is 0 Å². The molecular formula is C18H15N. The molecule has 0 heterocycles. The van der Waals surface area contributed by atoms with Crippen LogP contribution in [0.5, 0.6) is 0 Å². The van der Waals surface area contributed by atoms with E-state index in [0.717, 1.165) is 11.4 Å². The van der Waals surface area contributed by atoms with Gasteiger partial charge < -0.3 is 4.90 Å². The van der Waals surface area contributed by atoms with Gasteiger partial charge in [0.15, 0.2) is 0 Å². The number of hydrogen-bond acceptors (Lipinski definition) is 1. The molecule has 0 fully saturated rings. The van der Waals surface area contributed by atoms with Crippen LogP contribution in [0.3, 0.4) is 0 Å². The van der Waals surface area contributed by atoms with Crippen molar-refractivity contribution in [3.63, 3.8) is 0 Å². The highest BCUT2D eigenvalue weighted by molar-refractivity contribution is 5.65. The quantitative estimate of drug-likeness (QED) is 0.565. The number of anilines is 2. The fourth-order valence-corrected chi connectivity index (χ4v) is 1.75. The third kappa shape index (κ3) is 3.62. The number of benzene rings is 2. The first-order valence-corrected chi connectivity index (χ1v) is 6.10. The van der Waals surface area contributed by atoms with Crippen LogP contribution >= 0.6 is 0 Å². The molecule has 0 saturated heterocycles. The predicted octanol–water partition coefficient (Wildman–Crippen LogP) is 4.53. The summed E-state index contributed by atoms with van der Waals surface area (Å²) in [6, 6.07) is 20.4. The Morgan fingerprint density at radius 2 is 1.32 bits per heavy atom. The Morgan fingerprint density at radius 1 is 0.789 bits per heavy atom. The summed E-state index contributed by atoms with van der Waals surface area (Å²) in [4.78, 5) is 2.11. The number of terminal acetylenes is 1. The number of allylic oxidation sites excluding steroid dienone is 3. The number of rotatable bonds is 4. The van der Waals surface area contributed by atoms with Gasteiger partial charge in [-0.05, 0) is 36.4 Å². The van der Waals surface area contributed by atoms with Crippen molar-refractivity contribution in [3.05, 3.63) is 85.1 Å². The lowest BCUT2D eigenvalue weighted by Crippen LogP contribution is -2.07. The molecule has 92 valence electrons. The summed E-state index contributed by atoms with van der Waals surface area (Å²) in [6.07, 6.45) is 12.6. The first-order chi connectivity index (χ1) is 9.42. The molecule has 0 aromatic heterocycles. The Bertz CT molecular complexity index is 549. The van der Waals surface area contributed by atoms with E-state index in [-0.39, 0.29) is 0 Å². The first-order valence-electron chi connectivity index (χ1n) is 6.10. The second-order valence-corrected chi connectivity index (χ2v) is 3.91. The fraction of sp³-hybridized carbons (Fsp3) is 0. The van der Waals surface area contributed by atoms with E-state index >= 15 is 0 Å². The van der Waals surface area contributed by atoms with Gasteiger partial charge >= 0.3 is 0 Å². The fourth-order valence-electron chi connectivity index (χ4n) is 1.75. The maximum absolute atomic E-state index is 5.18. The van der Waals surface area contributed by atoms with Gasteiger partial charge in [0.25, 0.3) is 0 Å². The summed E-state index contributed by atoms with van der Waals surface area (Å²) in [6.45, 7) is 0. The molecule has 2 aromatic carbocycles. The molecule has 0 N–H and O–H groups in total. The van der Waals surface area contributed by atoms with Gasteiger partial charge in [-0.1, -0.05) is 48.4 Å². The zero-order valence-electron chi connectivity index (χ0n) is 10.6. The average molecular weight is 245 g/mol. The van der Waals surface area contributed by atoms with Crippen LogP contribution in [0.4, 0.5) is 11.4 Å². The Hall–Kier alpha value is -2.72. The van der Waals surface area contributed by atoms with Gasteiger partial charge in [0.2, 0.25) is 0 Å². The molecule has 0 aliphatic carbocycles. The lowest BCUT2D eigenvalue weighted by atomic mass is 10.2. The number of hydrogen-bond donors (Lipinski definition) is 0. The van der Waals surface area contributed by atoms with Crippen LogP contribution in [-0.4, -0.2) is 0 Å². The van der Waals surface area contributed by atoms with Crippen molar-refractivity contribution in [2.24, 2.45) is 0 Å². The van der Waals surface area contributed by atoms with E-state index in [1.807, 2.05) is 54.8 Å². The van der Waals surface area contributed by atoms with E-state index in [4.69, 9.17) is 6.42 Å². The zero-order valence-corrected chi connectivity index (χ0v) is 10.6. The molecule has 0 radical (unpaired) electrons. The molecule has 0 unspecified atom stereocenters. The van der Waals surface area contributed by atoms with Crippen LogP contribution in [0.2, 0.25) is 0 Å². The largest absolute Gasteiger partial charge is 0.317 e. The van der Waals surface area contributed by atoms with E-state index in [1.54, 1.807) is 6.08 Å². The predicted molar refractivity (Wildman–Crippen MR) is 82.1 cm³/mol. The van der Waals surface area contributed by atoms with Crippen molar-refractivity contribution < 1.29 is 0 Å². The van der Waals surface area contributed by atoms with E-state index in [1.165, 1.54) is 0 Å². The molecule has 1 heteroatoms. The zero-order chi connectivity index (χ0) is 13.3. The van der Waals surface area contributed by atoms with Crippen LogP contribution in [0, 0.1) is 12.3 Å². The highest BCUT2D eigenvalue weighted by Gasteiger charge is 2.03. The van der Waals surface area contributed by atoms with Crippen molar-refractivity contribution >= 4 is 11.4 Å². The molecule has 2 aromatic rings. The Balaban J connectivity index is 2.32. The summed E-state index contributed by atoms with van der Waals surface area (Å²) < 4.78 is 0. The van der Waals surface area contributed by atoms with Crippen molar-refractivity contribution in [3.8, 4) is 12.3 Å². The summed E-state index contributed by atoms with van der Waals surface area (Å²) in [5.41, 5.74) is 2.22. The summed E-state index contributed by atoms with van der Waals surface area (Å²) in [5, 5.41) is 0. The minimum atomic E-state index is 1.11. The lowest BCUT2D eigenvalue weighted by molar-refractivity contribution is 1.28. The maximum atomic E-state index is 5.18. The summed E-state index contributed by atoms with van der Waals surface area (Å²) >= 11 is 0. The van der Waals surface area contributed by atoms with Gasteiger partial charge in [0.1, 0.15) is 0 Å². The standard InChI is InChI=1S/C18H15N/c1-2-3-4-11-16-19(17-12-7-5-8-13-17)18-14-9-6-10-15-18/h1,3-16H/b4-3-,16-11+. The van der Waals surface area contributed by atoms with E-state index in [2.05, 4.69) is 35.1 Å². The molecule has 0 saturated carbocycles. The van der Waals surface area contributed by atoms with Crippen LogP contribution in [0.15, 0.2) is 85.1 Å². The molecule has 19 heavy (non-hydrogen) atoms. The number of nitrogens with zero attached hydrogens (tertiary/aromatic N) is 1. The molecule has 0 aliphatic heterocycles. The van der Waals surface area contributed by atoms with E-state index in [9.17, 15) is 0 Å². The molecule has 0 atom stereocenters. The van der Waals surface area contributed by atoms with Gasteiger partial charge in [0, 0.05) is 17.6 Å². The van der Waals surface area contributed by atoms with Crippen molar-refractivity contribution in [2.45, 2.75) is 0 Å². The molecule has 0 spiro atoms. The minimum absolute atomic E-state index is 1.11. The molecule has 0 aliphatic rings. The molecule has 2 rings (SSSR count). The van der Waals surface area contributed by atoms with Crippen LogP contribution in [0.1, 0.15) is 0 Å². The monoisotopic (exact) mass is 245 g/mol. The maximum Gasteiger partial charge on any atom is 0.0455 e. The summed E-state index contributed by atoms with van der Waals surface area (Å²) in [5.74, 6) is 2.47. The highest BCUT2D eigenvalue weighted by Crippen LogP contribution is 2.24. The van der Waals surface area contributed by atoms with Gasteiger partial charge in [-0.3, -0.25) is 0 Å². The molecule has 0 amide bonds. The topological polar surface area (TPSA) is 3.24 Å². The van der Waals surface area contributed by atoms with Gasteiger partial charge in [-0.15, -0.1) is 6.42 Å². The van der Waals surface area contributed by atoms with Crippen molar-refractivity contribution in [2.75, 3.05) is 4.90 Å². The molecular weight excluding hydrogens is 230 g/mol.